The second kappa shape index (κ2) is 10.1. The third kappa shape index (κ3) is 5.47. The van der Waals surface area contributed by atoms with Gasteiger partial charge < -0.3 is 19.5 Å². The molecule has 138 valence electrons. The molecule has 1 atom stereocenters. The molecule has 0 aliphatic carbocycles. The van der Waals surface area contributed by atoms with Crippen molar-refractivity contribution in [3.05, 3.63) is 36.4 Å². The van der Waals surface area contributed by atoms with Crippen molar-refractivity contribution in [2.24, 2.45) is 0 Å². The molecule has 1 N–H and O–H groups in total. The minimum absolute atomic E-state index is 0.0404. The molecule has 1 aromatic rings. The summed E-state index contributed by atoms with van der Waals surface area (Å²) < 4.78 is 16.2. The molecule has 6 nitrogen and oxygen atoms in total. The van der Waals surface area contributed by atoms with Gasteiger partial charge in [0.1, 0.15) is 0 Å². The topological polar surface area (TPSA) is 60.0 Å². The van der Waals surface area contributed by atoms with Crippen molar-refractivity contribution in [2.75, 3.05) is 47.1 Å². The molecule has 1 saturated heterocycles. The number of carbonyl (C=O) groups is 1. The van der Waals surface area contributed by atoms with E-state index < -0.39 is 0 Å². The highest BCUT2D eigenvalue weighted by atomic mass is 16.5. The largest absolute Gasteiger partial charge is 0.493 e. The van der Waals surface area contributed by atoms with Crippen LogP contribution >= 0.6 is 0 Å². The summed E-state index contributed by atoms with van der Waals surface area (Å²) >= 11 is 0. The first-order valence-electron chi connectivity index (χ1n) is 8.61. The number of morpholine rings is 1. The molecule has 0 spiro atoms. The van der Waals surface area contributed by atoms with Gasteiger partial charge in [0.25, 0.3) is 0 Å². The van der Waals surface area contributed by atoms with Crippen LogP contribution < -0.4 is 14.8 Å². The summed E-state index contributed by atoms with van der Waals surface area (Å²) in [4.78, 5) is 14.3. The number of carbonyl (C=O) groups excluding carboxylic acids is 1. The molecule has 2 rings (SSSR count). The fourth-order valence-corrected chi connectivity index (χ4v) is 2.94. The van der Waals surface area contributed by atoms with E-state index in [1.807, 2.05) is 18.2 Å². The molecular weight excluding hydrogens is 320 g/mol. The fraction of sp³-hybridized carbons (Fsp3) is 0.526. The molecule has 0 aromatic heterocycles. The van der Waals surface area contributed by atoms with E-state index in [0.29, 0.717) is 44.1 Å². The van der Waals surface area contributed by atoms with Crippen molar-refractivity contribution in [3.63, 3.8) is 0 Å². The highest BCUT2D eigenvalue weighted by Crippen LogP contribution is 2.32. The van der Waals surface area contributed by atoms with Crippen LogP contribution in [0.2, 0.25) is 0 Å². The number of ether oxygens (including phenoxy) is 3. The zero-order chi connectivity index (χ0) is 18.1. The van der Waals surface area contributed by atoms with Gasteiger partial charge >= 0.3 is 0 Å². The van der Waals surface area contributed by atoms with Gasteiger partial charge in [-0.1, -0.05) is 12.1 Å². The number of hydrogen-bond donors (Lipinski definition) is 1. The smallest absolute Gasteiger partial charge is 0.220 e. The van der Waals surface area contributed by atoms with Gasteiger partial charge in [0, 0.05) is 26.1 Å². The average Bonchev–Trinajstić information content (AvgIpc) is 2.67. The average molecular weight is 348 g/mol. The lowest BCUT2D eigenvalue weighted by Crippen LogP contribution is -2.43. The maximum absolute atomic E-state index is 12.0. The van der Waals surface area contributed by atoms with E-state index in [-0.39, 0.29) is 11.9 Å². The van der Waals surface area contributed by atoms with E-state index in [0.717, 1.165) is 18.7 Å². The number of hydrogen-bond acceptors (Lipinski definition) is 5. The van der Waals surface area contributed by atoms with Crippen LogP contribution in [0.25, 0.3) is 0 Å². The third-order valence-electron chi connectivity index (χ3n) is 4.35. The Morgan fingerprint density at radius 1 is 1.32 bits per heavy atom. The summed E-state index contributed by atoms with van der Waals surface area (Å²) in [7, 11) is 3.25. The Morgan fingerprint density at radius 2 is 2.04 bits per heavy atom. The molecule has 1 aliphatic rings. The minimum atomic E-state index is 0.0404. The van der Waals surface area contributed by atoms with Crippen molar-refractivity contribution < 1.29 is 19.0 Å². The minimum Gasteiger partial charge on any atom is -0.493 e. The lowest BCUT2D eigenvalue weighted by molar-refractivity contribution is -0.121. The first-order chi connectivity index (χ1) is 12.2. The zero-order valence-corrected chi connectivity index (χ0v) is 15.1. The number of nitrogens with one attached hydrogen (secondary N) is 1. The van der Waals surface area contributed by atoms with Crippen molar-refractivity contribution in [3.8, 4) is 11.5 Å². The summed E-state index contributed by atoms with van der Waals surface area (Å²) in [5, 5.41) is 3.04. The molecule has 0 radical (unpaired) electrons. The van der Waals surface area contributed by atoms with E-state index in [1.165, 1.54) is 0 Å². The lowest BCUT2D eigenvalue weighted by Gasteiger charge is -2.35. The molecule has 1 heterocycles. The highest BCUT2D eigenvalue weighted by molar-refractivity contribution is 5.76. The summed E-state index contributed by atoms with van der Waals surface area (Å²) in [6, 6.07) is 5.98. The zero-order valence-electron chi connectivity index (χ0n) is 15.1. The number of amides is 1. The van der Waals surface area contributed by atoms with Crippen LogP contribution in [0.5, 0.6) is 11.5 Å². The van der Waals surface area contributed by atoms with Crippen LogP contribution in [0.4, 0.5) is 0 Å². The standard InChI is InChI=1S/C19H28N2O4/c1-4-5-6-19(22)20-14-16(21-9-11-25-12-10-21)15-7-8-17(23-2)18(13-15)24-3/h4,7-8,13,16H,1,5-6,9-12,14H2,2-3H3,(H,20,22). The summed E-state index contributed by atoms with van der Waals surface area (Å²) in [5.41, 5.74) is 1.09. The third-order valence-corrected chi connectivity index (χ3v) is 4.35. The van der Waals surface area contributed by atoms with E-state index in [2.05, 4.69) is 16.8 Å². The second-order valence-electron chi connectivity index (χ2n) is 5.91. The summed E-state index contributed by atoms with van der Waals surface area (Å²) in [5.74, 6) is 1.43. The van der Waals surface area contributed by atoms with E-state index in [4.69, 9.17) is 14.2 Å². The number of allylic oxidation sites excluding steroid dienone is 1. The highest BCUT2D eigenvalue weighted by Gasteiger charge is 2.24. The Bertz CT molecular complexity index is 571. The Balaban J connectivity index is 2.15. The molecule has 6 heteroatoms. The summed E-state index contributed by atoms with van der Waals surface area (Å²) in [6.07, 6.45) is 2.91. The Hall–Kier alpha value is -2.05. The summed E-state index contributed by atoms with van der Waals surface area (Å²) in [6.45, 7) is 7.28. The maximum Gasteiger partial charge on any atom is 0.220 e. The number of benzene rings is 1. The maximum atomic E-state index is 12.0. The first-order valence-corrected chi connectivity index (χ1v) is 8.61. The molecule has 1 unspecified atom stereocenters. The van der Waals surface area contributed by atoms with Crippen molar-refractivity contribution in [1.82, 2.24) is 10.2 Å². The van der Waals surface area contributed by atoms with Crippen LogP contribution in [0.1, 0.15) is 24.4 Å². The van der Waals surface area contributed by atoms with Gasteiger partial charge in [-0.25, -0.2) is 0 Å². The van der Waals surface area contributed by atoms with Crippen LogP contribution in [-0.2, 0) is 9.53 Å². The van der Waals surface area contributed by atoms with Crippen LogP contribution in [0.3, 0.4) is 0 Å². The van der Waals surface area contributed by atoms with Crippen molar-refractivity contribution in [1.29, 1.82) is 0 Å². The Labute approximate surface area is 149 Å². The number of rotatable bonds is 9. The molecule has 1 amide bonds. The SMILES string of the molecule is C=CCCC(=O)NCC(c1ccc(OC)c(OC)c1)N1CCOCC1. The number of methoxy groups -OCH3 is 2. The second-order valence-corrected chi connectivity index (χ2v) is 5.91. The van der Waals surface area contributed by atoms with Crippen LogP contribution in [-0.4, -0.2) is 57.9 Å². The lowest BCUT2D eigenvalue weighted by atomic mass is 10.0. The molecule has 1 aliphatic heterocycles. The first kappa shape index (κ1) is 19.3. The van der Waals surface area contributed by atoms with Crippen LogP contribution in [0, 0.1) is 0 Å². The van der Waals surface area contributed by atoms with E-state index >= 15 is 0 Å². The molecule has 1 aromatic carbocycles. The van der Waals surface area contributed by atoms with Gasteiger partial charge in [0.15, 0.2) is 11.5 Å². The molecular formula is C19H28N2O4. The van der Waals surface area contributed by atoms with E-state index in [9.17, 15) is 4.79 Å². The Morgan fingerprint density at radius 3 is 2.68 bits per heavy atom. The van der Waals surface area contributed by atoms with Crippen LogP contribution in [0.15, 0.2) is 30.9 Å². The predicted octanol–water partition coefficient (Wildman–Crippen LogP) is 2.16. The van der Waals surface area contributed by atoms with E-state index in [1.54, 1.807) is 20.3 Å². The normalized spacial score (nSPS) is 16.1. The predicted molar refractivity (Wildman–Crippen MR) is 97.1 cm³/mol. The van der Waals surface area contributed by atoms with Crippen molar-refractivity contribution >= 4 is 5.91 Å². The van der Waals surface area contributed by atoms with Crippen molar-refractivity contribution in [2.45, 2.75) is 18.9 Å². The fourth-order valence-electron chi connectivity index (χ4n) is 2.94. The molecule has 25 heavy (non-hydrogen) atoms. The molecule has 0 saturated carbocycles. The number of nitrogens with zero attached hydrogens (tertiary/aromatic N) is 1. The van der Waals surface area contributed by atoms with Gasteiger partial charge in [0.2, 0.25) is 5.91 Å². The van der Waals surface area contributed by atoms with Gasteiger partial charge in [0.05, 0.1) is 33.5 Å². The van der Waals surface area contributed by atoms with Gasteiger partial charge in [-0.2, -0.15) is 0 Å². The molecule has 0 bridgehead atoms. The monoisotopic (exact) mass is 348 g/mol. The Kier molecular flexibility index (Phi) is 7.76. The quantitative estimate of drug-likeness (QED) is 0.693. The van der Waals surface area contributed by atoms with Gasteiger partial charge in [-0.3, -0.25) is 9.69 Å². The van der Waals surface area contributed by atoms with Gasteiger partial charge in [-0.05, 0) is 24.1 Å². The molecule has 1 fully saturated rings. The van der Waals surface area contributed by atoms with Gasteiger partial charge in [-0.15, -0.1) is 6.58 Å².